The topological polar surface area (TPSA) is 83.7 Å². The van der Waals surface area contributed by atoms with Crippen molar-refractivity contribution in [2.45, 2.75) is 6.61 Å². The minimum absolute atomic E-state index is 0.0928. The molecule has 7 nitrogen and oxygen atoms in total. The van der Waals surface area contributed by atoms with Gasteiger partial charge in [0.1, 0.15) is 0 Å². The Labute approximate surface area is 134 Å². The van der Waals surface area contributed by atoms with Crippen molar-refractivity contribution in [3.8, 4) is 22.9 Å². The molecule has 4 rings (SSSR count). The Kier molecular flexibility index (Phi) is 3.43. The number of esters is 1. The van der Waals surface area contributed by atoms with E-state index in [4.69, 9.17) is 18.7 Å². The highest BCUT2D eigenvalue weighted by Crippen LogP contribution is 2.32. The molecule has 0 amide bonds. The lowest BCUT2D eigenvalue weighted by atomic mass is 10.2. The van der Waals surface area contributed by atoms with Gasteiger partial charge in [-0.1, -0.05) is 5.16 Å². The lowest BCUT2D eigenvalue weighted by Gasteiger charge is -2.03. The maximum atomic E-state index is 12.0. The van der Waals surface area contributed by atoms with Crippen LogP contribution in [0.25, 0.3) is 11.4 Å². The maximum Gasteiger partial charge on any atom is 0.338 e. The maximum absolute atomic E-state index is 12.0. The zero-order chi connectivity index (χ0) is 15.6. The quantitative estimate of drug-likeness (QED) is 0.680. The second-order valence-electron chi connectivity index (χ2n) is 4.67. The van der Waals surface area contributed by atoms with Gasteiger partial charge >= 0.3 is 5.97 Å². The number of fused-ring (bicyclic) bond motifs is 1. The van der Waals surface area contributed by atoms with Crippen LogP contribution in [-0.4, -0.2) is 22.9 Å². The van der Waals surface area contributed by atoms with Gasteiger partial charge in [0, 0.05) is 10.9 Å². The lowest BCUT2D eigenvalue weighted by molar-refractivity contribution is 0.0429. The van der Waals surface area contributed by atoms with Crippen molar-refractivity contribution in [1.29, 1.82) is 0 Å². The first-order valence-electron chi connectivity index (χ1n) is 6.71. The third-order valence-electron chi connectivity index (χ3n) is 3.18. The van der Waals surface area contributed by atoms with Gasteiger partial charge in [-0.15, -0.1) is 0 Å². The summed E-state index contributed by atoms with van der Waals surface area (Å²) in [5, 5.41) is 7.68. The molecule has 0 N–H and O–H groups in total. The van der Waals surface area contributed by atoms with Crippen LogP contribution < -0.4 is 9.47 Å². The van der Waals surface area contributed by atoms with Crippen LogP contribution in [-0.2, 0) is 11.3 Å². The largest absolute Gasteiger partial charge is 0.454 e. The van der Waals surface area contributed by atoms with Crippen molar-refractivity contribution in [3.05, 3.63) is 46.5 Å². The fraction of sp³-hybridized carbons (Fsp3) is 0.133. The molecule has 0 aliphatic carbocycles. The molecule has 0 radical (unpaired) electrons. The van der Waals surface area contributed by atoms with Crippen LogP contribution >= 0.6 is 11.3 Å². The minimum Gasteiger partial charge on any atom is -0.454 e. The van der Waals surface area contributed by atoms with E-state index in [2.05, 4.69) is 10.1 Å². The fourth-order valence-electron chi connectivity index (χ4n) is 2.06. The van der Waals surface area contributed by atoms with Gasteiger partial charge in [-0.2, -0.15) is 16.3 Å². The highest BCUT2D eigenvalue weighted by molar-refractivity contribution is 7.08. The van der Waals surface area contributed by atoms with E-state index in [0.29, 0.717) is 22.9 Å². The molecular weight excluding hydrogens is 320 g/mol. The number of rotatable bonds is 4. The first-order valence-corrected chi connectivity index (χ1v) is 7.66. The van der Waals surface area contributed by atoms with Gasteiger partial charge in [0.15, 0.2) is 18.1 Å². The number of hydrogen-bond acceptors (Lipinski definition) is 8. The first-order chi connectivity index (χ1) is 11.3. The predicted molar refractivity (Wildman–Crippen MR) is 79.3 cm³/mol. The van der Waals surface area contributed by atoms with Crippen molar-refractivity contribution in [2.24, 2.45) is 0 Å². The number of ether oxygens (including phenoxy) is 3. The highest BCUT2D eigenvalue weighted by atomic mass is 32.1. The molecule has 23 heavy (non-hydrogen) atoms. The molecule has 3 heterocycles. The van der Waals surface area contributed by atoms with Gasteiger partial charge in [0.05, 0.1) is 5.56 Å². The lowest BCUT2D eigenvalue weighted by Crippen LogP contribution is -2.05. The molecule has 0 spiro atoms. The molecule has 2 aromatic heterocycles. The Hall–Kier alpha value is -2.87. The fourth-order valence-corrected chi connectivity index (χ4v) is 2.69. The molecule has 1 aliphatic heterocycles. The van der Waals surface area contributed by atoms with Crippen LogP contribution in [0.1, 0.15) is 16.2 Å². The SMILES string of the molecule is O=C(OCc1nc(-c2ccsc2)no1)c1ccc2c(c1)OCO2. The molecule has 1 aliphatic rings. The first kappa shape index (κ1) is 13.8. The summed E-state index contributed by atoms with van der Waals surface area (Å²) in [5.74, 6) is 1.34. The number of nitrogens with zero attached hydrogens (tertiary/aromatic N) is 2. The van der Waals surface area contributed by atoms with Gasteiger partial charge in [-0.25, -0.2) is 4.79 Å². The number of carbonyl (C=O) groups is 1. The Balaban J connectivity index is 1.42. The average molecular weight is 330 g/mol. The van der Waals surface area contributed by atoms with Crippen molar-refractivity contribution < 1.29 is 23.5 Å². The number of aromatic nitrogens is 2. The third kappa shape index (κ3) is 2.76. The van der Waals surface area contributed by atoms with Gasteiger partial charge in [-0.05, 0) is 29.6 Å². The highest BCUT2D eigenvalue weighted by Gasteiger charge is 2.18. The van der Waals surface area contributed by atoms with E-state index >= 15 is 0 Å². The predicted octanol–water partition coefficient (Wildman–Crippen LogP) is 2.88. The van der Waals surface area contributed by atoms with E-state index in [0.717, 1.165) is 5.56 Å². The third-order valence-corrected chi connectivity index (χ3v) is 3.87. The Morgan fingerprint density at radius 2 is 2.17 bits per heavy atom. The molecule has 0 saturated carbocycles. The molecule has 0 unspecified atom stereocenters. The van der Waals surface area contributed by atoms with Gasteiger partial charge in [0.2, 0.25) is 12.6 Å². The van der Waals surface area contributed by atoms with Gasteiger partial charge < -0.3 is 18.7 Å². The summed E-state index contributed by atoms with van der Waals surface area (Å²) < 4.78 is 20.7. The van der Waals surface area contributed by atoms with Crippen LogP contribution in [0.2, 0.25) is 0 Å². The standard InChI is InChI=1S/C15H10N2O5S/c18-15(9-1-2-11-12(5-9)21-8-20-11)19-6-13-16-14(17-22-13)10-3-4-23-7-10/h1-5,7H,6,8H2. The number of hydrogen-bond donors (Lipinski definition) is 0. The van der Waals surface area contributed by atoms with Crippen LogP contribution in [0.15, 0.2) is 39.5 Å². The van der Waals surface area contributed by atoms with Gasteiger partial charge in [0.25, 0.3) is 5.89 Å². The van der Waals surface area contributed by atoms with E-state index in [1.807, 2.05) is 16.8 Å². The second kappa shape index (κ2) is 5.73. The zero-order valence-corrected chi connectivity index (χ0v) is 12.5. The van der Waals surface area contributed by atoms with Crippen LogP contribution in [0.5, 0.6) is 11.5 Å². The van der Waals surface area contributed by atoms with Crippen LogP contribution in [0, 0.1) is 0 Å². The number of benzene rings is 1. The molecule has 0 bridgehead atoms. The summed E-state index contributed by atoms with van der Waals surface area (Å²) in [6, 6.07) is 6.74. The number of thiophene rings is 1. The van der Waals surface area contributed by atoms with E-state index in [9.17, 15) is 4.79 Å². The van der Waals surface area contributed by atoms with E-state index in [1.165, 1.54) is 11.3 Å². The van der Waals surface area contributed by atoms with Crippen molar-refractivity contribution >= 4 is 17.3 Å². The van der Waals surface area contributed by atoms with E-state index in [-0.39, 0.29) is 19.3 Å². The smallest absolute Gasteiger partial charge is 0.338 e. The summed E-state index contributed by atoms with van der Waals surface area (Å²) in [4.78, 5) is 16.2. The van der Waals surface area contributed by atoms with E-state index in [1.54, 1.807) is 18.2 Å². The molecule has 8 heteroatoms. The number of carbonyl (C=O) groups excluding carboxylic acids is 1. The molecule has 0 saturated heterocycles. The summed E-state index contributed by atoms with van der Waals surface area (Å²) in [5.41, 5.74) is 1.24. The second-order valence-corrected chi connectivity index (χ2v) is 5.45. The normalized spacial score (nSPS) is 12.3. The van der Waals surface area contributed by atoms with Crippen molar-refractivity contribution in [1.82, 2.24) is 10.1 Å². The molecule has 3 aromatic rings. The average Bonchev–Trinajstić information content (AvgIpc) is 3.32. The minimum atomic E-state index is -0.501. The monoisotopic (exact) mass is 330 g/mol. The molecule has 0 atom stereocenters. The Morgan fingerprint density at radius 1 is 1.26 bits per heavy atom. The van der Waals surface area contributed by atoms with E-state index < -0.39 is 5.97 Å². The summed E-state index contributed by atoms with van der Waals surface area (Å²) in [6.45, 7) is 0.0611. The van der Waals surface area contributed by atoms with Crippen LogP contribution in [0.3, 0.4) is 0 Å². The van der Waals surface area contributed by atoms with Crippen molar-refractivity contribution in [3.63, 3.8) is 0 Å². The van der Waals surface area contributed by atoms with Gasteiger partial charge in [-0.3, -0.25) is 0 Å². The Bertz CT molecular complexity index is 843. The molecule has 116 valence electrons. The summed E-state index contributed by atoms with van der Waals surface area (Å²) in [7, 11) is 0. The molecule has 0 fully saturated rings. The van der Waals surface area contributed by atoms with Crippen LogP contribution in [0.4, 0.5) is 0 Å². The molecular formula is C15H10N2O5S. The van der Waals surface area contributed by atoms with Crippen molar-refractivity contribution in [2.75, 3.05) is 6.79 Å². The summed E-state index contributed by atoms with van der Waals surface area (Å²) >= 11 is 1.54. The Morgan fingerprint density at radius 3 is 3.04 bits per heavy atom. The summed E-state index contributed by atoms with van der Waals surface area (Å²) in [6.07, 6.45) is 0. The molecule has 1 aromatic carbocycles. The zero-order valence-electron chi connectivity index (χ0n) is 11.7.